The molecule has 2 aromatic rings. The summed E-state index contributed by atoms with van der Waals surface area (Å²) in [5, 5.41) is 3.09. The Bertz CT molecular complexity index is 750. The van der Waals surface area contributed by atoms with E-state index in [0.29, 0.717) is 0 Å². The molecule has 0 saturated carbocycles. The van der Waals surface area contributed by atoms with Crippen LogP contribution in [0.15, 0.2) is 36.4 Å². The summed E-state index contributed by atoms with van der Waals surface area (Å²) in [7, 11) is 1.66. The minimum Gasteiger partial charge on any atom is -0.496 e. The Kier molecular flexibility index (Phi) is 6.67. The smallest absolute Gasteiger partial charge is 0.261 e. The third-order valence-electron chi connectivity index (χ3n) is 4.42. The Morgan fingerprint density at radius 1 is 1.08 bits per heavy atom. The third kappa shape index (κ3) is 5.01. The first kappa shape index (κ1) is 19.8. The van der Waals surface area contributed by atoms with Gasteiger partial charge in [-0.15, -0.1) is 0 Å². The van der Waals surface area contributed by atoms with Crippen LogP contribution in [-0.2, 0) is 4.79 Å². The molecule has 0 unspecified atom stereocenters. The molecule has 0 spiro atoms. The minimum atomic E-state index is -0.565. The molecule has 26 heavy (non-hydrogen) atoms. The van der Waals surface area contributed by atoms with Crippen LogP contribution >= 0.6 is 0 Å². The molecule has 0 aliphatic heterocycles. The minimum absolute atomic E-state index is 0.0580. The van der Waals surface area contributed by atoms with Gasteiger partial charge >= 0.3 is 0 Å². The quantitative estimate of drug-likeness (QED) is 0.786. The van der Waals surface area contributed by atoms with Crippen LogP contribution in [0, 0.1) is 20.8 Å². The third-order valence-corrected chi connectivity index (χ3v) is 4.42. The molecule has 2 rings (SSSR count). The van der Waals surface area contributed by atoms with Gasteiger partial charge in [0.15, 0.2) is 6.10 Å². The highest BCUT2D eigenvalue weighted by Gasteiger charge is 2.20. The Balaban J connectivity index is 2.07. The van der Waals surface area contributed by atoms with Crippen LogP contribution in [0.25, 0.3) is 0 Å². The number of carbonyl (C=O) groups is 1. The molecular formula is C22H29NO3. The molecule has 140 valence electrons. The van der Waals surface area contributed by atoms with Gasteiger partial charge in [0.05, 0.1) is 13.2 Å². The predicted octanol–water partition coefficient (Wildman–Crippen LogP) is 4.66. The first-order valence-electron chi connectivity index (χ1n) is 9.04. The first-order chi connectivity index (χ1) is 12.3. The zero-order valence-electron chi connectivity index (χ0n) is 16.6. The van der Waals surface area contributed by atoms with Crippen molar-refractivity contribution in [3.8, 4) is 11.5 Å². The molecule has 0 aromatic heterocycles. The fourth-order valence-electron chi connectivity index (χ4n) is 3.09. The number of ether oxygens (including phenoxy) is 2. The van der Waals surface area contributed by atoms with E-state index >= 15 is 0 Å². The number of rotatable bonds is 7. The zero-order valence-corrected chi connectivity index (χ0v) is 16.6. The van der Waals surface area contributed by atoms with Crippen molar-refractivity contribution in [2.75, 3.05) is 7.11 Å². The van der Waals surface area contributed by atoms with E-state index in [0.717, 1.165) is 40.2 Å². The second kappa shape index (κ2) is 8.75. The normalized spacial score (nSPS) is 13.0. The van der Waals surface area contributed by atoms with Crippen molar-refractivity contribution in [3.63, 3.8) is 0 Å². The largest absolute Gasteiger partial charge is 0.496 e. The van der Waals surface area contributed by atoms with Crippen molar-refractivity contribution in [1.82, 2.24) is 5.32 Å². The standard InChI is InChI=1S/C22H29NO3/c1-7-20(18-8-9-21(25-6)16(4)13-18)23-22(24)17(5)26-19-11-14(2)10-15(3)12-19/h8-13,17,20H,7H2,1-6H3,(H,23,24)/t17-,20+/m0/s1. The number of benzene rings is 2. The van der Waals surface area contributed by atoms with Gasteiger partial charge in [0.25, 0.3) is 5.91 Å². The summed E-state index contributed by atoms with van der Waals surface area (Å²) < 4.78 is 11.2. The van der Waals surface area contributed by atoms with Crippen molar-refractivity contribution in [2.45, 2.75) is 53.2 Å². The number of carbonyl (C=O) groups excluding carboxylic acids is 1. The second-order valence-electron chi connectivity index (χ2n) is 6.78. The van der Waals surface area contributed by atoms with E-state index in [-0.39, 0.29) is 11.9 Å². The van der Waals surface area contributed by atoms with Gasteiger partial charge in [0, 0.05) is 0 Å². The molecule has 1 amide bonds. The lowest BCUT2D eigenvalue weighted by Gasteiger charge is -2.22. The van der Waals surface area contributed by atoms with Gasteiger partial charge < -0.3 is 14.8 Å². The number of methoxy groups -OCH3 is 1. The van der Waals surface area contributed by atoms with E-state index in [1.807, 2.05) is 45.0 Å². The van der Waals surface area contributed by atoms with Crippen LogP contribution < -0.4 is 14.8 Å². The monoisotopic (exact) mass is 355 g/mol. The van der Waals surface area contributed by atoms with E-state index in [1.165, 1.54) is 0 Å². The summed E-state index contributed by atoms with van der Waals surface area (Å²) >= 11 is 0. The number of nitrogens with one attached hydrogen (secondary N) is 1. The molecule has 4 nitrogen and oxygen atoms in total. The fourth-order valence-corrected chi connectivity index (χ4v) is 3.09. The van der Waals surface area contributed by atoms with Crippen LogP contribution in [0.4, 0.5) is 0 Å². The van der Waals surface area contributed by atoms with Crippen LogP contribution in [0.2, 0.25) is 0 Å². The number of amides is 1. The van der Waals surface area contributed by atoms with Crippen molar-refractivity contribution < 1.29 is 14.3 Å². The Labute approximate surface area is 156 Å². The van der Waals surface area contributed by atoms with Gasteiger partial charge in [0.1, 0.15) is 11.5 Å². The first-order valence-corrected chi connectivity index (χ1v) is 9.04. The van der Waals surface area contributed by atoms with Crippen molar-refractivity contribution in [1.29, 1.82) is 0 Å². The highest BCUT2D eigenvalue weighted by Crippen LogP contribution is 2.24. The van der Waals surface area contributed by atoms with E-state index in [1.54, 1.807) is 14.0 Å². The summed E-state index contributed by atoms with van der Waals surface area (Å²) in [4.78, 5) is 12.6. The highest BCUT2D eigenvalue weighted by molar-refractivity contribution is 5.81. The van der Waals surface area contributed by atoms with E-state index < -0.39 is 6.10 Å². The summed E-state index contributed by atoms with van der Waals surface area (Å²) in [5.41, 5.74) is 4.36. The zero-order chi connectivity index (χ0) is 19.3. The van der Waals surface area contributed by atoms with E-state index in [2.05, 4.69) is 24.4 Å². The Morgan fingerprint density at radius 3 is 2.27 bits per heavy atom. The lowest BCUT2D eigenvalue weighted by atomic mass is 10.0. The molecule has 0 aliphatic carbocycles. The maximum atomic E-state index is 12.6. The van der Waals surface area contributed by atoms with Gasteiger partial charge in [-0.1, -0.05) is 25.1 Å². The topological polar surface area (TPSA) is 47.6 Å². The number of aryl methyl sites for hydroxylation is 3. The predicted molar refractivity (Wildman–Crippen MR) is 105 cm³/mol. The van der Waals surface area contributed by atoms with Crippen LogP contribution in [-0.4, -0.2) is 19.1 Å². The summed E-state index contributed by atoms with van der Waals surface area (Å²) in [5.74, 6) is 1.45. The van der Waals surface area contributed by atoms with Crippen molar-refractivity contribution >= 4 is 5.91 Å². The van der Waals surface area contributed by atoms with Crippen LogP contribution in [0.1, 0.15) is 48.6 Å². The second-order valence-corrected chi connectivity index (χ2v) is 6.78. The van der Waals surface area contributed by atoms with Gasteiger partial charge in [-0.05, 0) is 74.6 Å². The van der Waals surface area contributed by atoms with Crippen LogP contribution in [0.5, 0.6) is 11.5 Å². The van der Waals surface area contributed by atoms with Gasteiger partial charge in [0.2, 0.25) is 0 Å². The van der Waals surface area contributed by atoms with Crippen LogP contribution in [0.3, 0.4) is 0 Å². The molecule has 0 fully saturated rings. The molecule has 1 N–H and O–H groups in total. The van der Waals surface area contributed by atoms with E-state index in [4.69, 9.17) is 9.47 Å². The lowest BCUT2D eigenvalue weighted by molar-refractivity contribution is -0.128. The lowest BCUT2D eigenvalue weighted by Crippen LogP contribution is -2.38. The van der Waals surface area contributed by atoms with Crippen molar-refractivity contribution in [3.05, 3.63) is 58.7 Å². The number of hydrogen-bond donors (Lipinski definition) is 1. The van der Waals surface area contributed by atoms with Crippen molar-refractivity contribution in [2.24, 2.45) is 0 Å². The highest BCUT2D eigenvalue weighted by atomic mass is 16.5. The maximum absolute atomic E-state index is 12.6. The van der Waals surface area contributed by atoms with E-state index in [9.17, 15) is 4.79 Å². The number of hydrogen-bond acceptors (Lipinski definition) is 3. The van der Waals surface area contributed by atoms with Gasteiger partial charge in [-0.25, -0.2) is 0 Å². The molecular weight excluding hydrogens is 326 g/mol. The molecule has 0 aliphatic rings. The molecule has 0 radical (unpaired) electrons. The molecule has 0 heterocycles. The Morgan fingerprint density at radius 2 is 1.73 bits per heavy atom. The fraction of sp³-hybridized carbons (Fsp3) is 0.409. The summed E-state index contributed by atoms with van der Waals surface area (Å²) in [6, 6.07) is 11.9. The average Bonchev–Trinajstić information content (AvgIpc) is 2.58. The SMILES string of the molecule is CC[C@@H](NC(=O)[C@H](C)Oc1cc(C)cc(C)c1)c1ccc(OC)c(C)c1. The van der Waals surface area contributed by atoms with Gasteiger partial charge in [-0.3, -0.25) is 4.79 Å². The summed E-state index contributed by atoms with van der Waals surface area (Å²) in [6.45, 7) is 9.87. The molecule has 4 heteroatoms. The molecule has 2 atom stereocenters. The average molecular weight is 355 g/mol. The molecule has 0 bridgehead atoms. The maximum Gasteiger partial charge on any atom is 0.261 e. The Hall–Kier alpha value is -2.49. The molecule has 0 saturated heterocycles. The molecule has 2 aromatic carbocycles. The van der Waals surface area contributed by atoms with Gasteiger partial charge in [-0.2, -0.15) is 0 Å². The summed E-state index contributed by atoms with van der Waals surface area (Å²) in [6.07, 6.45) is 0.234.